The van der Waals surface area contributed by atoms with Gasteiger partial charge in [0.2, 0.25) is 0 Å². The van der Waals surface area contributed by atoms with Crippen molar-refractivity contribution in [3.05, 3.63) is 66.1 Å². The summed E-state index contributed by atoms with van der Waals surface area (Å²) in [6.07, 6.45) is 3.18. The van der Waals surface area contributed by atoms with Gasteiger partial charge in [-0.25, -0.2) is 19.9 Å². The van der Waals surface area contributed by atoms with E-state index in [9.17, 15) is 5.11 Å². The number of nitrogens with zero attached hydrogens (tertiary/aromatic N) is 4. The Hall–Kier alpha value is -3.54. The van der Waals surface area contributed by atoms with Gasteiger partial charge in [0.25, 0.3) is 0 Å². The lowest BCUT2D eigenvalue weighted by Gasteiger charge is -2.12. The third kappa shape index (κ3) is 2.93. The lowest BCUT2D eigenvalue weighted by molar-refractivity contribution is 0.471. The van der Waals surface area contributed by atoms with E-state index >= 15 is 0 Å². The zero-order valence-electron chi connectivity index (χ0n) is 14.4. The molecule has 2 heterocycles. The Kier molecular flexibility index (Phi) is 3.93. The number of nitrogens with one attached hydrogen (secondary N) is 1. The van der Waals surface area contributed by atoms with E-state index in [2.05, 4.69) is 20.3 Å². The van der Waals surface area contributed by atoms with Crippen molar-refractivity contribution in [2.75, 3.05) is 5.32 Å². The Morgan fingerprint density at radius 1 is 0.923 bits per heavy atom. The lowest BCUT2D eigenvalue weighted by Crippen LogP contribution is -2.01. The average Bonchev–Trinajstić information content (AvgIpc) is 2.67. The van der Waals surface area contributed by atoms with Crippen LogP contribution in [0.1, 0.15) is 11.1 Å². The van der Waals surface area contributed by atoms with Crippen molar-refractivity contribution in [2.24, 2.45) is 0 Å². The smallest absolute Gasteiger partial charge is 0.183 e. The molecule has 6 heteroatoms. The van der Waals surface area contributed by atoms with Gasteiger partial charge in [-0.2, -0.15) is 0 Å². The molecule has 26 heavy (non-hydrogen) atoms. The number of aromatic nitrogens is 4. The van der Waals surface area contributed by atoms with Crippen LogP contribution in [0.3, 0.4) is 0 Å². The van der Waals surface area contributed by atoms with E-state index in [0.29, 0.717) is 17.0 Å². The molecule has 2 N–H and O–H groups in total. The van der Waals surface area contributed by atoms with Crippen molar-refractivity contribution in [2.45, 2.75) is 13.8 Å². The second-order valence-corrected chi connectivity index (χ2v) is 6.09. The maximum Gasteiger partial charge on any atom is 0.183 e. The number of rotatable bonds is 3. The van der Waals surface area contributed by atoms with Gasteiger partial charge in [0.1, 0.15) is 12.1 Å². The summed E-state index contributed by atoms with van der Waals surface area (Å²) in [4.78, 5) is 17.7. The summed E-state index contributed by atoms with van der Waals surface area (Å²) < 4.78 is 0. The highest BCUT2D eigenvalue weighted by molar-refractivity contribution is 5.86. The highest BCUT2D eigenvalue weighted by Gasteiger charge is 2.11. The number of fused-ring (bicyclic) bond motifs is 1. The molecule has 0 fully saturated rings. The minimum atomic E-state index is 0.270. The molecule has 0 atom stereocenters. The van der Waals surface area contributed by atoms with Gasteiger partial charge < -0.3 is 10.4 Å². The number of phenols is 1. The Bertz CT molecular complexity index is 1100. The minimum Gasteiger partial charge on any atom is -0.508 e. The first-order valence-corrected chi connectivity index (χ1v) is 8.22. The molecule has 0 bridgehead atoms. The molecule has 0 saturated heterocycles. The van der Waals surface area contributed by atoms with Crippen molar-refractivity contribution >= 4 is 22.7 Å². The molecule has 6 nitrogen and oxygen atoms in total. The molecule has 128 valence electrons. The van der Waals surface area contributed by atoms with E-state index in [-0.39, 0.29) is 5.75 Å². The van der Waals surface area contributed by atoms with E-state index < -0.39 is 0 Å². The predicted octanol–water partition coefficient (Wildman–Crippen LogP) is 4.15. The van der Waals surface area contributed by atoms with Gasteiger partial charge in [-0.05, 0) is 37.1 Å². The average molecular weight is 343 g/mol. The summed E-state index contributed by atoms with van der Waals surface area (Å²) >= 11 is 0. The van der Waals surface area contributed by atoms with Crippen LogP contribution in [0.25, 0.3) is 22.4 Å². The van der Waals surface area contributed by atoms with Gasteiger partial charge in [-0.15, -0.1) is 0 Å². The number of phenolic OH excluding ortho intramolecular Hbond substituents is 1. The van der Waals surface area contributed by atoms with Crippen molar-refractivity contribution in [1.29, 1.82) is 0 Å². The normalized spacial score (nSPS) is 10.8. The van der Waals surface area contributed by atoms with E-state index in [1.165, 1.54) is 6.33 Å². The van der Waals surface area contributed by atoms with Crippen molar-refractivity contribution in [3.8, 4) is 17.0 Å². The number of aryl methyl sites for hydroxylation is 2. The molecule has 4 aromatic rings. The van der Waals surface area contributed by atoms with Crippen LogP contribution in [0.15, 0.2) is 55.0 Å². The van der Waals surface area contributed by atoms with E-state index in [0.717, 1.165) is 28.1 Å². The number of anilines is 2. The zero-order valence-corrected chi connectivity index (χ0v) is 14.4. The van der Waals surface area contributed by atoms with Gasteiger partial charge in [-0.1, -0.05) is 30.3 Å². The molecule has 0 radical (unpaired) electrons. The molecule has 0 aliphatic rings. The first-order chi connectivity index (χ1) is 12.6. The second-order valence-electron chi connectivity index (χ2n) is 6.09. The summed E-state index contributed by atoms with van der Waals surface area (Å²) in [7, 11) is 0. The zero-order chi connectivity index (χ0) is 18.1. The van der Waals surface area contributed by atoms with Gasteiger partial charge >= 0.3 is 0 Å². The van der Waals surface area contributed by atoms with Crippen LogP contribution < -0.4 is 5.32 Å². The van der Waals surface area contributed by atoms with Gasteiger partial charge in [-0.3, -0.25) is 0 Å². The largest absolute Gasteiger partial charge is 0.508 e. The van der Waals surface area contributed by atoms with Gasteiger partial charge in [0.05, 0.1) is 11.9 Å². The molecular weight excluding hydrogens is 326 g/mol. The minimum absolute atomic E-state index is 0.270. The van der Waals surface area contributed by atoms with Crippen molar-refractivity contribution in [3.63, 3.8) is 0 Å². The van der Waals surface area contributed by atoms with E-state index in [1.54, 1.807) is 12.3 Å². The molecule has 0 unspecified atom stereocenters. The fourth-order valence-electron chi connectivity index (χ4n) is 2.74. The lowest BCUT2D eigenvalue weighted by atomic mass is 10.1. The fourth-order valence-corrected chi connectivity index (χ4v) is 2.74. The second kappa shape index (κ2) is 6.40. The van der Waals surface area contributed by atoms with E-state index in [4.69, 9.17) is 4.98 Å². The molecule has 0 amide bonds. The highest BCUT2D eigenvalue weighted by Crippen LogP contribution is 2.29. The predicted molar refractivity (Wildman–Crippen MR) is 101 cm³/mol. The number of hydrogen-bond acceptors (Lipinski definition) is 6. The summed E-state index contributed by atoms with van der Waals surface area (Å²) in [5, 5.41) is 13.1. The Balaban J connectivity index is 1.81. The van der Waals surface area contributed by atoms with Crippen LogP contribution in [0.5, 0.6) is 5.75 Å². The third-order valence-electron chi connectivity index (χ3n) is 4.21. The SMILES string of the molecule is Cc1cc(Nc2ncnc3ncc(-c4ccccc4)nc23)c(C)cc1O. The molecule has 0 saturated carbocycles. The van der Waals surface area contributed by atoms with Crippen LogP contribution in [0.4, 0.5) is 11.5 Å². The molecule has 4 rings (SSSR count). The fraction of sp³-hybridized carbons (Fsp3) is 0.100. The first-order valence-electron chi connectivity index (χ1n) is 8.22. The van der Waals surface area contributed by atoms with Crippen molar-refractivity contribution < 1.29 is 5.11 Å². The Labute approximate surface area is 150 Å². The topological polar surface area (TPSA) is 83.8 Å². The van der Waals surface area contributed by atoms with Crippen LogP contribution in [0, 0.1) is 13.8 Å². The van der Waals surface area contributed by atoms with Crippen LogP contribution in [-0.2, 0) is 0 Å². The molecule has 2 aromatic carbocycles. The van der Waals surface area contributed by atoms with Gasteiger partial charge in [0.15, 0.2) is 17.0 Å². The van der Waals surface area contributed by atoms with Crippen molar-refractivity contribution in [1.82, 2.24) is 19.9 Å². The van der Waals surface area contributed by atoms with Crippen LogP contribution >= 0.6 is 0 Å². The van der Waals surface area contributed by atoms with Gasteiger partial charge in [0, 0.05) is 11.3 Å². The highest BCUT2D eigenvalue weighted by atomic mass is 16.3. The number of hydrogen-bond donors (Lipinski definition) is 2. The number of benzene rings is 2. The monoisotopic (exact) mass is 343 g/mol. The molecule has 2 aromatic heterocycles. The quantitative estimate of drug-likeness (QED) is 0.544. The Morgan fingerprint density at radius 3 is 2.54 bits per heavy atom. The Morgan fingerprint density at radius 2 is 1.73 bits per heavy atom. The summed E-state index contributed by atoms with van der Waals surface area (Å²) in [5.74, 6) is 0.847. The summed E-state index contributed by atoms with van der Waals surface area (Å²) in [6, 6.07) is 13.5. The summed E-state index contributed by atoms with van der Waals surface area (Å²) in [6.45, 7) is 3.78. The van der Waals surface area contributed by atoms with Crippen LogP contribution in [-0.4, -0.2) is 25.0 Å². The van der Waals surface area contributed by atoms with E-state index in [1.807, 2.05) is 50.2 Å². The number of aromatic hydroxyl groups is 1. The molecule has 0 spiro atoms. The third-order valence-corrected chi connectivity index (χ3v) is 4.21. The standard InChI is InChI=1S/C20H17N5O/c1-12-9-17(26)13(2)8-15(12)25-20-18-19(22-11-23-20)21-10-16(24-18)14-6-4-3-5-7-14/h3-11,26H,1-2H3,(H,21,22,23,25). The maximum absolute atomic E-state index is 9.85. The summed E-state index contributed by atoms with van der Waals surface area (Å²) in [5.41, 5.74) is 5.41. The van der Waals surface area contributed by atoms with Crippen LogP contribution in [0.2, 0.25) is 0 Å². The molecule has 0 aliphatic carbocycles. The molecular formula is C20H17N5O. The first kappa shape index (κ1) is 16.0. The molecule has 0 aliphatic heterocycles. The maximum atomic E-state index is 9.85.